The topological polar surface area (TPSA) is 64.6 Å². The van der Waals surface area contributed by atoms with E-state index in [1.54, 1.807) is 6.92 Å². The molecule has 0 fully saturated rings. The van der Waals surface area contributed by atoms with Crippen LogP contribution in [-0.4, -0.2) is 38.1 Å². The van der Waals surface area contributed by atoms with E-state index in [1.807, 2.05) is 0 Å². The third-order valence-electron chi connectivity index (χ3n) is 1.54. The van der Waals surface area contributed by atoms with Crippen LogP contribution in [0.15, 0.2) is 0 Å². The Hall–Kier alpha value is -0.590. The zero-order valence-electron chi connectivity index (χ0n) is 9.71. The van der Waals surface area contributed by atoms with E-state index in [-0.39, 0.29) is 6.61 Å². The van der Waals surface area contributed by atoms with E-state index in [0.29, 0.717) is 0 Å². The number of hydrogen-bond donors (Lipinski definition) is 1. The molecule has 0 aromatic rings. The molecule has 0 aliphatic rings. The highest BCUT2D eigenvalue weighted by atomic mass is 31.2. The van der Waals surface area contributed by atoms with Crippen LogP contribution < -0.4 is 5.09 Å². The Morgan fingerprint density at radius 2 is 2.00 bits per heavy atom. The summed E-state index contributed by atoms with van der Waals surface area (Å²) in [6.45, 7) is 2.36. The number of rotatable bonds is 6. The van der Waals surface area contributed by atoms with Crippen LogP contribution in [0.5, 0.6) is 0 Å². The molecule has 0 bridgehead atoms. The first-order valence-corrected chi connectivity index (χ1v) is 6.88. The van der Waals surface area contributed by atoms with Crippen molar-refractivity contribution in [1.29, 1.82) is 0 Å². The molecule has 9 heteroatoms. The van der Waals surface area contributed by atoms with Gasteiger partial charge in [-0.3, -0.25) is 9.36 Å². The summed E-state index contributed by atoms with van der Waals surface area (Å²) in [5, 5.41) is 2.17. The first-order chi connectivity index (χ1) is 7.57. The Morgan fingerprint density at radius 3 is 2.41 bits per heavy atom. The van der Waals surface area contributed by atoms with Gasteiger partial charge in [-0.2, -0.15) is 13.2 Å². The van der Waals surface area contributed by atoms with Gasteiger partial charge in [0.25, 0.3) is 7.52 Å². The monoisotopic (exact) mass is 277 g/mol. The predicted octanol–water partition coefficient (Wildman–Crippen LogP) is 1.93. The van der Waals surface area contributed by atoms with Crippen molar-refractivity contribution in [2.45, 2.75) is 26.1 Å². The van der Waals surface area contributed by atoms with E-state index in [4.69, 9.17) is 0 Å². The predicted molar refractivity (Wildman–Crippen MR) is 54.8 cm³/mol. The highest BCUT2D eigenvalue weighted by molar-refractivity contribution is 7.56. The molecular formula is C8H15F3NO4P. The molecule has 0 heterocycles. The van der Waals surface area contributed by atoms with E-state index < -0.39 is 32.3 Å². The van der Waals surface area contributed by atoms with Crippen molar-refractivity contribution >= 4 is 13.5 Å². The fourth-order valence-corrected chi connectivity index (χ4v) is 2.18. The summed E-state index contributed by atoms with van der Waals surface area (Å²) in [5.74, 6) is -0.704. The quantitative estimate of drug-likeness (QED) is 0.593. The molecule has 0 aromatic heterocycles. The molecule has 0 saturated heterocycles. The Balaban J connectivity index is 4.25. The molecule has 1 N–H and O–H groups in total. The van der Waals surface area contributed by atoms with Gasteiger partial charge in [-0.25, -0.2) is 5.09 Å². The molecule has 2 atom stereocenters. The molecule has 17 heavy (non-hydrogen) atoms. The molecule has 102 valence electrons. The largest absolute Gasteiger partial charge is 0.465 e. The van der Waals surface area contributed by atoms with Crippen molar-refractivity contribution in [3.8, 4) is 0 Å². The van der Waals surface area contributed by atoms with Gasteiger partial charge in [0.2, 0.25) is 0 Å². The van der Waals surface area contributed by atoms with Gasteiger partial charge in [0.15, 0.2) is 6.61 Å². The third-order valence-corrected chi connectivity index (χ3v) is 3.02. The second-order valence-corrected chi connectivity index (χ2v) is 5.55. The average molecular weight is 277 g/mol. The van der Waals surface area contributed by atoms with Gasteiger partial charge in [0, 0.05) is 6.66 Å². The molecule has 0 radical (unpaired) electrons. The van der Waals surface area contributed by atoms with Gasteiger partial charge >= 0.3 is 12.1 Å². The highest BCUT2D eigenvalue weighted by Crippen LogP contribution is 2.39. The normalized spacial score (nSPS) is 17.3. The van der Waals surface area contributed by atoms with Crippen LogP contribution in [0.25, 0.3) is 0 Å². The maximum Gasteiger partial charge on any atom is 0.412 e. The maximum atomic E-state index is 11.8. The molecule has 0 rings (SSSR count). The minimum atomic E-state index is -4.57. The summed E-state index contributed by atoms with van der Waals surface area (Å²) in [6, 6.07) is -1.00. The lowest BCUT2D eigenvalue weighted by molar-refractivity contribution is -0.153. The number of alkyl halides is 3. The number of carbonyl (C=O) groups is 1. The number of carbonyl (C=O) groups excluding carboxylic acids is 1. The highest BCUT2D eigenvalue weighted by Gasteiger charge is 2.33. The number of ether oxygens (including phenoxy) is 1. The SMILES string of the molecule is CCOC(=O)C(C)NP(C)(=O)OCC(F)(F)F. The van der Waals surface area contributed by atoms with Crippen LogP contribution in [0.1, 0.15) is 13.8 Å². The van der Waals surface area contributed by atoms with E-state index in [2.05, 4.69) is 14.3 Å². The van der Waals surface area contributed by atoms with E-state index >= 15 is 0 Å². The Bertz CT molecular complexity index is 308. The van der Waals surface area contributed by atoms with Crippen LogP contribution in [0.2, 0.25) is 0 Å². The fraction of sp³-hybridized carbons (Fsp3) is 0.875. The maximum absolute atomic E-state index is 11.8. The van der Waals surface area contributed by atoms with Crippen molar-refractivity contribution < 1.29 is 31.8 Å². The van der Waals surface area contributed by atoms with Gasteiger partial charge in [0.1, 0.15) is 6.04 Å². The number of halogens is 3. The van der Waals surface area contributed by atoms with Crippen molar-refractivity contribution in [2.24, 2.45) is 0 Å². The Morgan fingerprint density at radius 1 is 1.47 bits per heavy atom. The van der Waals surface area contributed by atoms with Crippen LogP contribution in [0.3, 0.4) is 0 Å². The second-order valence-electron chi connectivity index (χ2n) is 3.34. The van der Waals surface area contributed by atoms with Crippen molar-refractivity contribution in [2.75, 3.05) is 19.9 Å². The first kappa shape index (κ1) is 16.4. The lowest BCUT2D eigenvalue weighted by Gasteiger charge is -2.19. The number of esters is 1. The van der Waals surface area contributed by atoms with Crippen molar-refractivity contribution in [3.63, 3.8) is 0 Å². The molecule has 0 aliphatic heterocycles. The first-order valence-electron chi connectivity index (χ1n) is 4.80. The molecule has 0 saturated carbocycles. The summed E-state index contributed by atoms with van der Waals surface area (Å²) in [7, 11) is -3.69. The Kier molecular flexibility index (Phi) is 6.15. The van der Waals surface area contributed by atoms with E-state index in [0.717, 1.165) is 6.66 Å². The number of hydrogen-bond acceptors (Lipinski definition) is 4. The minimum Gasteiger partial charge on any atom is -0.465 e. The third kappa shape index (κ3) is 8.18. The minimum absolute atomic E-state index is 0.127. The Labute approximate surface area is 97.2 Å². The van der Waals surface area contributed by atoms with Crippen LogP contribution in [0.4, 0.5) is 13.2 Å². The zero-order valence-corrected chi connectivity index (χ0v) is 10.6. The van der Waals surface area contributed by atoms with Crippen LogP contribution >= 0.6 is 7.52 Å². The van der Waals surface area contributed by atoms with Gasteiger partial charge in [-0.15, -0.1) is 0 Å². The lowest BCUT2D eigenvalue weighted by Crippen LogP contribution is -2.34. The fourth-order valence-electron chi connectivity index (χ4n) is 0.905. The molecule has 0 amide bonds. The summed E-state index contributed by atoms with van der Waals surface area (Å²) in [4.78, 5) is 11.1. The smallest absolute Gasteiger partial charge is 0.412 e. The molecule has 0 aliphatic carbocycles. The number of nitrogens with one attached hydrogen (secondary N) is 1. The van der Waals surface area contributed by atoms with Crippen LogP contribution in [-0.2, 0) is 18.6 Å². The summed E-state index contributed by atoms with van der Waals surface area (Å²) < 4.78 is 55.8. The standard InChI is InChI=1S/C8H15F3NO4P/c1-4-15-7(13)6(2)12-17(3,14)16-5-8(9,10)11/h6H,4-5H2,1-3H3,(H,12,14). The summed E-state index contributed by atoms with van der Waals surface area (Å²) in [5.41, 5.74) is 0. The molecule has 2 unspecified atom stereocenters. The van der Waals surface area contributed by atoms with Gasteiger partial charge in [-0.05, 0) is 13.8 Å². The lowest BCUT2D eigenvalue weighted by atomic mass is 10.4. The molecule has 0 aromatic carbocycles. The van der Waals surface area contributed by atoms with Gasteiger partial charge in [0.05, 0.1) is 6.61 Å². The van der Waals surface area contributed by atoms with E-state index in [9.17, 15) is 22.5 Å². The zero-order chi connectivity index (χ0) is 13.7. The van der Waals surface area contributed by atoms with Crippen molar-refractivity contribution in [1.82, 2.24) is 5.09 Å². The second kappa shape index (κ2) is 6.37. The van der Waals surface area contributed by atoms with Gasteiger partial charge < -0.3 is 9.26 Å². The van der Waals surface area contributed by atoms with Crippen LogP contribution in [0, 0.1) is 0 Å². The average Bonchev–Trinajstić information content (AvgIpc) is 2.14. The molecular weight excluding hydrogens is 262 g/mol. The summed E-state index contributed by atoms with van der Waals surface area (Å²) >= 11 is 0. The van der Waals surface area contributed by atoms with Crippen molar-refractivity contribution in [3.05, 3.63) is 0 Å². The van der Waals surface area contributed by atoms with Gasteiger partial charge in [-0.1, -0.05) is 0 Å². The molecule has 5 nitrogen and oxygen atoms in total. The molecule has 0 spiro atoms. The summed E-state index contributed by atoms with van der Waals surface area (Å²) in [6.07, 6.45) is -4.57. The van der Waals surface area contributed by atoms with E-state index in [1.165, 1.54) is 6.92 Å².